The van der Waals surface area contributed by atoms with Crippen molar-refractivity contribution in [1.82, 2.24) is 10.3 Å². The Morgan fingerprint density at radius 3 is 2.86 bits per heavy atom. The summed E-state index contributed by atoms with van der Waals surface area (Å²) in [5.41, 5.74) is 10.5. The summed E-state index contributed by atoms with van der Waals surface area (Å²) in [5.74, 6) is 1.43. The van der Waals surface area contributed by atoms with E-state index in [4.69, 9.17) is 15.5 Å². The second-order valence-corrected chi connectivity index (χ2v) is 8.66. The van der Waals surface area contributed by atoms with Crippen LogP contribution in [0, 0.1) is 5.92 Å². The number of methoxy groups -OCH3 is 1. The number of nitrogens with two attached hydrogens (primary N) is 1. The van der Waals surface area contributed by atoms with Gasteiger partial charge in [-0.05, 0) is 60.9 Å². The number of fused-ring (bicyclic) bond motifs is 2. The Kier molecular flexibility index (Phi) is 5.72. The zero-order valence-electron chi connectivity index (χ0n) is 17.0. The van der Waals surface area contributed by atoms with Gasteiger partial charge in [-0.1, -0.05) is 25.5 Å². The Bertz CT molecular complexity index is 1030. The average molecular weight is 410 g/mol. The van der Waals surface area contributed by atoms with Gasteiger partial charge in [0.2, 0.25) is 0 Å². The summed E-state index contributed by atoms with van der Waals surface area (Å²) in [7, 11) is 1.65. The van der Waals surface area contributed by atoms with Crippen LogP contribution in [0.3, 0.4) is 0 Å². The predicted molar refractivity (Wildman–Crippen MR) is 119 cm³/mol. The summed E-state index contributed by atoms with van der Waals surface area (Å²) in [6, 6.07) is 10.0. The Hall–Kier alpha value is -2.60. The molecule has 0 aliphatic heterocycles. The number of carbonyl (C=O) groups excluding carboxylic acids is 1. The molecular formula is C23H27N3O2S. The maximum absolute atomic E-state index is 12.7. The summed E-state index contributed by atoms with van der Waals surface area (Å²) >= 11 is 1.40. The molecule has 1 aliphatic carbocycles. The predicted octanol–water partition coefficient (Wildman–Crippen LogP) is 4.37. The largest absolute Gasteiger partial charge is 0.497 e. The van der Waals surface area contributed by atoms with Crippen molar-refractivity contribution in [3.8, 4) is 5.75 Å². The Morgan fingerprint density at radius 2 is 2.14 bits per heavy atom. The molecule has 1 aliphatic rings. The smallest absolute Gasteiger partial charge is 0.263 e. The number of pyridine rings is 1. The lowest BCUT2D eigenvalue weighted by Gasteiger charge is -2.22. The van der Waals surface area contributed by atoms with Gasteiger partial charge in [-0.2, -0.15) is 0 Å². The molecule has 5 nitrogen and oxygen atoms in total. The van der Waals surface area contributed by atoms with E-state index in [1.165, 1.54) is 35.4 Å². The number of nitrogens with one attached hydrogen (secondary N) is 1. The molecule has 3 aromatic rings. The van der Waals surface area contributed by atoms with Gasteiger partial charge in [-0.15, -0.1) is 11.3 Å². The highest BCUT2D eigenvalue weighted by atomic mass is 32.1. The lowest BCUT2D eigenvalue weighted by molar-refractivity contribution is 0.0959. The zero-order chi connectivity index (χ0) is 20.4. The topological polar surface area (TPSA) is 77.2 Å². The van der Waals surface area contributed by atoms with Gasteiger partial charge in [0.15, 0.2) is 0 Å². The molecule has 152 valence electrons. The van der Waals surface area contributed by atoms with Crippen molar-refractivity contribution < 1.29 is 9.53 Å². The van der Waals surface area contributed by atoms with E-state index in [9.17, 15) is 4.79 Å². The van der Waals surface area contributed by atoms with Crippen LogP contribution in [0.4, 0.5) is 5.69 Å². The molecule has 0 fully saturated rings. The van der Waals surface area contributed by atoms with E-state index in [0.29, 0.717) is 17.1 Å². The molecule has 0 radical (unpaired) electrons. The molecule has 0 bridgehead atoms. The molecule has 0 unspecified atom stereocenters. The fraction of sp³-hybridized carbons (Fsp3) is 0.391. The number of ether oxygens (including phenoxy) is 1. The molecular weight excluding hydrogens is 382 g/mol. The van der Waals surface area contributed by atoms with Gasteiger partial charge in [0.25, 0.3) is 5.91 Å². The Balaban J connectivity index is 1.46. The Morgan fingerprint density at radius 1 is 1.34 bits per heavy atom. The quantitative estimate of drug-likeness (QED) is 0.634. The number of amides is 1. The minimum atomic E-state index is -0.122. The fourth-order valence-corrected chi connectivity index (χ4v) is 4.99. The summed E-state index contributed by atoms with van der Waals surface area (Å²) < 4.78 is 5.17. The highest BCUT2D eigenvalue weighted by molar-refractivity contribution is 7.21. The van der Waals surface area contributed by atoms with Gasteiger partial charge >= 0.3 is 0 Å². The van der Waals surface area contributed by atoms with E-state index >= 15 is 0 Å². The monoisotopic (exact) mass is 409 g/mol. The molecule has 4 rings (SSSR count). The molecule has 2 heterocycles. The molecule has 0 saturated carbocycles. The number of carbonyl (C=O) groups is 1. The fourth-order valence-electron chi connectivity index (χ4n) is 3.98. The number of nitrogen functional groups attached to an aromatic ring is 1. The molecule has 0 spiro atoms. The van der Waals surface area contributed by atoms with Gasteiger partial charge in [-0.3, -0.25) is 4.79 Å². The van der Waals surface area contributed by atoms with Crippen LogP contribution in [0.1, 0.15) is 46.3 Å². The van der Waals surface area contributed by atoms with E-state index in [2.05, 4.69) is 18.3 Å². The second kappa shape index (κ2) is 8.41. The third-order valence-electron chi connectivity index (χ3n) is 5.83. The maximum Gasteiger partial charge on any atom is 0.263 e. The van der Waals surface area contributed by atoms with Gasteiger partial charge in [0, 0.05) is 17.6 Å². The molecule has 1 aromatic carbocycles. The van der Waals surface area contributed by atoms with Gasteiger partial charge in [0.1, 0.15) is 15.5 Å². The lowest BCUT2D eigenvalue weighted by Crippen LogP contribution is -2.25. The first-order valence-electron chi connectivity index (χ1n) is 10.2. The standard InChI is InChI=1S/C23H27N3O2S/c1-3-14-6-9-19-16(12-14)13-18-20(24)21(29-23(18)26-19)22(27)25-11-10-15-4-7-17(28-2)8-5-15/h4-5,7-8,13-14H,3,6,9-12,24H2,1-2H3,(H,25,27)/t14-/m0/s1. The van der Waals surface area contributed by atoms with E-state index in [-0.39, 0.29) is 5.91 Å². The van der Waals surface area contributed by atoms with Crippen LogP contribution in [0.5, 0.6) is 5.75 Å². The Labute approximate surface area is 175 Å². The van der Waals surface area contributed by atoms with Crippen molar-refractivity contribution in [3.63, 3.8) is 0 Å². The van der Waals surface area contributed by atoms with Crippen LogP contribution >= 0.6 is 11.3 Å². The van der Waals surface area contributed by atoms with Gasteiger partial charge in [-0.25, -0.2) is 4.98 Å². The number of aryl methyl sites for hydroxylation is 1. The molecule has 1 amide bonds. The van der Waals surface area contributed by atoms with Crippen LogP contribution in [0.25, 0.3) is 10.2 Å². The SMILES string of the molecule is CC[C@H]1CCc2nc3sc(C(=O)NCCc4ccc(OC)cc4)c(N)c3cc2C1. The van der Waals surface area contributed by atoms with Crippen LogP contribution in [-0.2, 0) is 19.3 Å². The number of hydrogen-bond donors (Lipinski definition) is 2. The zero-order valence-corrected chi connectivity index (χ0v) is 17.8. The van der Waals surface area contributed by atoms with Crippen LogP contribution in [0.2, 0.25) is 0 Å². The van der Waals surface area contributed by atoms with Crippen molar-refractivity contribution >= 4 is 33.1 Å². The van der Waals surface area contributed by atoms with Gasteiger partial charge < -0.3 is 15.8 Å². The summed E-state index contributed by atoms with van der Waals surface area (Å²) in [5, 5.41) is 3.92. The number of thiophene rings is 1. The minimum absolute atomic E-state index is 0.122. The summed E-state index contributed by atoms with van der Waals surface area (Å²) in [4.78, 5) is 19.0. The highest BCUT2D eigenvalue weighted by Crippen LogP contribution is 2.36. The van der Waals surface area contributed by atoms with Gasteiger partial charge in [0.05, 0.1) is 12.8 Å². The molecule has 2 aromatic heterocycles. The molecule has 6 heteroatoms. The van der Waals surface area contributed by atoms with Crippen molar-refractivity contribution in [3.05, 3.63) is 52.0 Å². The van der Waals surface area contributed by atoms with Crippen molar-refractivity contribution in [2.24, 2.45) is 5.92 Å². The van der Waals surface area contributed by atoms with E-state index in [1.807, 2.05) is 24.3 Å². The summed E-state index contributed by atoms with van der Waals surface area (Å²) in [6.45, 7) is 2.80. The summed E-state index contributed by atoms with van der Waals surface area (Å²) in [6.07, 6.45) is 5.23. The third-order valence-corrected chi connectivity index (χ3v) is 6.94. The van der Waals surface area contributed by atoms with Crippen LogP contribution in [-0.4, -0.2) is 24.5 Å². The number of nitrogens with zero attached hydrogens (tertiary/aromatic N) is 1. The average Bonchev–Trinajstić information content (AvgIpc) is 3.07. The van der Waals surface area contributed by atoms with Crippen LogP contribution < -0.4 is 15.8 Å². The van der Waals surface area contributed by atoms with Crippen molar-refractivity contribution in [2.45, 2.75) is 39.0 Å². The molecule has 1 atom stereocenters. The number of aromatic nitrogens is 1. The van der Waals surface area contributed by atoms with Crippen LogP contribution in [0.15, 0.2) is 30.3 Å². The molecule has 29 heavy (non-hydrogen) atoms. The van der Waals surface area contributed by atoms with Crippen molar-refractivity contribution in [2.75, 3.05) is 19.4 Å². The second-order valence-electron chi connectivity index (χ2n) is 7.66. The van der Waals surface area contributed by atoms with E-state index in [0.717, 1.165) is 46.7 Å². The minimum Gasteiger partial charge on any atom is -0.497 e. The van der Waals surface area contributed by atoms with E-state index in [1.54, 1.807) is 7.11 Å². The third kappa shape index (κ3) is 4.08. The van der Waals surface area contributed by atoms with E-state index < -0.39 is 0 Å². The number of hydrogen-bond acceptors (Lipinski definition) is 5. The highest BCUT2D eigenvalue weighted by Gasteiger charge is 2.23. The number of benzene rings is 1. The molecule has 0 saturated heterocycles. The molecule has 3 N–H and O–H groups in total. The normalized spacial score (nSPS) is 15.9. The first kappa shape index (κ1) is 19.7. The lowest BCUT2D eigenvalue weighted by atomic mass is 9.85. The number of anilines is 1. The first-order valence-corrected chi connectivity index (χ1v) is 11.0. The van der Waals surface area contributed by atoms with Crippen molar-refractivity contribution in [1.29, 1.82) is 0 Å². The first-order chi connectivity index (χ1) is 14.1. The number of rotatable bonds is 6. The maximum atomic E-state index is 12.7.